The van der Waals surface area contributed by atoms with E-state index in [0.717, 1.165) is 18.4 Å². The first kappa shape index (κ1) is 13.3. The van der Waals surface area contributed by atoms with Gasteiger partial charge >= 0.3 is 0 Å². The zero-order valence-electron chi connectivity index (χ0n) is 11.4. The first-order chi connectivity index (χ1) is 9.63. The molecule has 0 spiro atoms. The van der Waals surface area contributed by atoms with Gasteiger partial charge in [-0.15, -0.1) is 0 Å². The number of hydrogen-bond donors (Lipinski definition) is 1. The second-order valence-electron chi connectivity index (χ2n) is 5.42. The van der Waals surface area contributed by atoms with Crippen molar-refractivity contribution in [3.8, 4) is 0 Å². The Hall–Kier alpha value is -1.74. The van der Waals surface area contributed by atoms with Crippen molar-refractivity contribution in [1.29, 1.82) is 0 Å². The number of aryl methyl sites for hydroxylation is 2. The summed E-state index contributed by atoms with van der Waals surface area (Å²) >= 11 is 0. The van der Waals surface area contributed by atoms with E-state index in [2.05, 4.69) is 30.4 Å². The van der Waals surface area contributed by atoms with Crippen LogP contribution >= 0.6 is 0 Å². The summed E-state index contributed by atoms with van der Waals surface area (Å²) in [5, 5.41) is 3.44. The van der Waals surface area contributed by atoms with Gasteiger partial charge in [0.25, 0.3) is 0 Å². The standard InChI is InChI=1S/C17H17F2N/c1-11-2-4-13-5-7-17(14(13)8-11)20-10-12-3-6-15(18)16(19)9-12/h2-4,6,8-9,17,20H,5,7,10H2,1H3. The number of benzene rings is 2. The highest BCUT2D eigenvalue weighted by molar-refractivity contribution is 5.37. The fraction of sp³-hybridized carbons (Fsp3) is 0.294. The molecule has 0 bridgehead atoms. The van der Waals surface area contributed by atoms with Crippen LogP contribution < -0.4 is 5.32 Å². The number of halogens is 2. The Kier molecular flexibility index (Phi) is 3.53. The molecule has 0 aliphatic heterocycles. The highest BCUT2D eigenvalue weighted by Gasteiger charge is 2.21. The van der Waals surface area contributed by atoms with Gasteiger partial charge < -0.3 is 5.32 Å². The molecule has 2 aromatic rings. The molecule has 1 nitrogen and oxygen atoms in total. The molecule has 1 atom stereocenters. The van der Waals surface area contributed by atoms with Crippen LogP contribution in [-0.4, -0.2) is 0 Å². The van der Waals surface area contributed by atoms with Crippen molar-refractivity contribution in [1.82, 2.24) is 5.32 Å². The molecule has 0 saturated heterocycles. The van der Waals surface area contributed by atoms with Gasteiger partial charge in [0.1, 0.15) is 0 Å². The highest BCUT2D eigenvalue weighted by atomic mass is 19.2. The molecular weight excluding hydrogens is 256 g/mol. The molecule has 3 rings (SSSR count). The fourth-order valence-electron chi connectivity index (χ4n) is 2.82. The van der Waals surface area contributed by atoms with Crippen LogP contribution in [0, 0.1) is 18.6 Å². The van der Waals surface area contributed by atoms with Crippen molar-refractivity contribution in [3.05, 3.63) is 70.3 Å². The van der Waals surface area contributed by atoms with Gasteiger partial charge in [0.15, 0.2) is 11.6 Å². The minimum Gasteiger partial charge on any atom is -0.306 e. The maximum absolute atomic E-state index is 13.2. The van der Waals surface area contributed by atoms with Gasteiger partial charge in [0.2, 0.25) is 0 Å². The van der Waals surface area contributed by atoms with Gasteiger partial charge in [-0.25, -0.2) is 8.78 Å². The molecule has 0 amide bonds. The van der Waals surface area contributed by atoms with Crippen molar-refractivity contribution in [2.24, 2.45) is 0 Å². The molecule has 104 valence electrons. The quantitative estimate of drug-likeness (QED) is 0.889. The lowest BCUT2D eigenvalue weighted by Gasteiger charge is -2.14. The van der Waals surface area contributed by atoms with Crippen molar-refractivity contribution < 1.29 is 8.78 Å². The summed E-state index contributed by atoms with van der Waals surface area (Å²) in [6, 6.07) is 10.9. The second kappa shape index (κ2) is 5.33. The molecule has 1 aliphatic carbocycles. The van der Waals surface area contributed by atoms with E-state index >= 15 is 0 Å². The van der Waals surface area contributed by atoms with Crippen LogP contribution in [0.3, 0.4) is 0 Å². The third-order valence-corrected chi connectivity index (χ3v) is 3.92. The number of rotatable bonds is 3. The molecule has 1 unspecified atom stereocenters. The van der Waals surface area contributed by atoms with Gasteiger partial charge in [-0.2, -0.15) is 0 Å². The van der Waals surface area contributed by atoms with Crippen LogP contribution in [0.15, 0.2) is 36.4 Å². The third-order valence-electron chi connectivity index (χ3n) is 3.92. The predicted octanol–water partition coefficient (Wildman–Crippen LogP) is 4.05. The Labute approximate surface area is 117 Å². The second-order valence-corrected chi connectivity index (χ2v) is 5.42. The van der Waals surface area contributed by atoms with E-state index in [4.69, 9.17) is 0 Å². The Morgan fingerprint density at radius 3 is 2.75 bits per heavy atom. The highest BCUT2D eigenvalue weighted by Crippen LogP contribution is 2.31. The molecular formula is C17H17F2N. The third kappa shape index (κ3) is 2.59. The Morgan fingerprint density at radius 2 is 1.95 bits per heavy atom. The Morgan fingerprint density at radius 1 is 1.10 bits per heavy atom. The SMILES string of the molecule is Cc1ccc2c(c1)C(NCc1ccc(F)c(F)c1)CC2. The molecule has 0 radical (unpaired) electrons. The van der Waals surface area contributed by atoms with Crippen LogP contribution in [-0.2, 0) is 13.0 Å². The number of nitrogens with one attached hydrogen (secondary N) is 1. The smallest absolute Gasteiger partial charge is 0.159 e. The maximum atomic E-state index is 13.2. The molecule has 1 N–H and O–H groups in total. The van der Waals surface area contributed by atoms with Gasteiger partial charge in [0.05, 0.1) is 0 Å². The average Bonchev–Trinajstić information content (AvgIpc) is 2.82. The van der Waals surface area contributed by atoms with Crippen LogP contribution in [0.25, 0.3) is 0 Å². The molecule has 0 saturated carbocycles. The summed E-state index contributed by atoms with van der Waals surface area (Å²) in [5.41, 5.74) is 4.75. The minimum atomic E-state index is -0.796. The zero-order valence-corrected chi connectivity index (χ0v) is 11.4. The van der Waals surface area contributed by atoms with E-state index in [1.807, 2.05) is 0 Å². The molecule has 2 aromatic carbocycles. The molecule has 0 fully saturated rings. The van der Waals surface area contributed by atoms with Crippen molar-refractivity contribution in [2.45, 2.75) is 32.4 Å². The summed E-state index contributed by atoms with van der Waals surface area (Å²) in [6.45, 7) is 2.64. The van der Waals surface area contributed by atoms with Gasteiger partial charge in [-0.3, -0.25) is 0 Å². The van der Waals surface area contributed by atoms with E-state index < -0.39 is 11.6 Å². The fourth-order valence-corrected chi connectivity index (χ4v) is 2.82. The zero-order chi connectivity index (χ0) is 14.1. The predicted molar refractivity (Wildman–Crippen MR) is 75.4 cm³/mol. The summed E-state index contributed by atoms with van der Waals surface area (Å²) < 4.78 is 26.1. The van der Waals surface area contributed by atoms with Gasteiger partial charge in [0, 0.05) is 12.6 Å². The van der Waals surface area contributed by atoms with Crippen LogP contribution in [0.4, 0.5) is 8.78 Å². The normalized spacial score (nSPS) is 17.2. The van der Waals surface area contributed by atoms with Crippen molar-refractivity contribution in [3.63, 3.8) is 0 Å². The molecule has 20 heavy (non-hydrogen) atoms. The number of hydrogen-bond acceptors (Lipinski definition) is 1. The van der Waals surface area contributed by atoms with E-state index in [1.54, 1.807) is 6.07 Å². The summed E-state index contributed by atoms with van der Waals surface area (Å²) in [5.74, 6) is -1.58. The van der Waals surface area contributed by atoms with Crippen LogP contribution in [0.1, 0.15) is 34.7 Å². The van der Waals surface area contributed by atoms with E-state index in [-0.39, 0.29) is 0 Å². The summed E-state index contributed by atoms with van der Waals surface area (Å²) in [7, 11) is 0. The molecule has 1 aliphatic rings. The minimum absolute atomic E-state index is 0.304. The molecule has 0 heterocycles. The van der Waals surface area contributed by atoms with Crippen molar-refractivity contribution in [2.75, 3.05) is 0 Å². The van der Waals surface area contributed by atoms with Crippen LogP contribution in [0.2, 0.25) is 0 Å². The van der Waals surface area contributed by atoms with E-state index in [0.29, 0.717) is 12.6 Å². The Balaban J connectivity index is 1.71. The average molecular weight is 273 g/mol. The summed E-state index contributed by atoms with van der Waals surface area (Å²) in [4.78, 5) is 0. The Bertz CT molecular complexity index is 637. The van der Waals surface area contributed by atoms with E-state index in [1.165, 1.54) is 28.8 Å². The lowest BCUT2D eigenvalue weighted by Crippen LogP contribution is -2.18. The lowest BCUT2D eigenvalue weighted by atomic mass is 10.0. The van der Waals surface area contributed by atoms with Crippen LogP contribution in [0.5, 0.6) is 0 Å². The first-order valence-electron chi connectivity index (χ1n) is 6.90. The first-order valence-corrected chi connectivity index (χ1v) is 6.90. The molecule has 0 aromatic heterocycles. The van der Waals surface area contributed by atoms with E-state index in [9.17, 15) is 8.78 Å². The largest absolute Gasteiger partial charge is 0.306 e. The van der Waals surface area contributed by atoms with Gasteiger partial charge in [-0.05, 0) is 48.6 Å². The lowest BCUT2D eigenvalue weighted by molar-refractivity contribution is 0.500. The molecule has 3 heteroatoms. The maximum Gasteiger partial charge on any atom is 0.159 e. The van der Waals surface area contributed by atoms with Gasteiger partial charge in [-0.1, -0.05) is 29.8 Å². The van der Waals surface area contributed by atoms with Crippen molar-refractivity contribution >= 4 is 0 Å². The topological polar surface area (TPSA) is 12.0 Å². The number of fused-ring (bicyclic) bond motifs is 1. The monoisotopic (exact) mass is 273 g/mol. The summed E-state index contributed by atoms with van der Waals surface area (Å²) in [6.07, 6.45) is 2.13.